The highest BCUT2D eigenvalue weighted by atomic mass is 14.7. The van der Waals surface area contributed by atoms with E-state index in [2.05, 4.69) is 73.7 Å². The van der Waals surface area contributed by atoms with Gasteiger partial charge in [0.25, 0.3) is 0 Å². The SMILES string of the molecule is Cc1cc2c(ccc3ccccc32)nc1/C=C/c1ccccc1. The first-order valence-corrected chi connectivity index (χ1v) is 7.83. The normalized spacial score (nSPS) is 11.5. The molecule has 0 aliphatic rings. The summed E-state index contributed by atoms with van der Waals surface area (Å²) in [4.78, 5) is 4.85. The first kappa shape index (κ1) is 13.7. The van der Waals surface area contributed by atoms with E-state index >= 15 is 0 Å². The van der Waals surface area contributed by atoms with E-state index in [1.54, 1.807) is 0 Å². The molecule has 4 aromatic rings. The number of aromatic nitrogens is 1. The van der Waals surface area contributed by atoms with Gasteiger partial charge in [-0.05, 0) is 47.0 Å². The molecular formula is C22H17N. The molecule has 0 radical (unpaired) electrons. The van der Waals surface area contributed by atoms with Gasteiger partial charge in [0.15, 0.2) is 0 Å². The van der Waals surface area contributed by atoms with Gasteiger partial charge in [0.05, 0.1) is 11.2 Å². The minimum Gasteiger partial charge on any atom is -0.248 e. The second-order valence-electron chi connectivity index (χ2n) is 5.79. The summed E-state index contributed by atoms with van der Waals surface area (Å²) in [6.07, 6.45) is 4.21. The van der Waals surface area contributed by atoms with Gasteiger partial charge in [-0.3, -0.25) is 0 Å². The van der Waals surface area contributed by atoms with Crippen molar-refractivity contribution in [1.29, 1.82) is 0 Å². The topological polar surface area (TPSA) is 12.9 Å². The van der Waals surface area contributed by atoms with Gasteiger partial charge in [-0.2, -0.15) is 0 Å². The van der Waals surface area contributed by atoms with E-state index < -0.39 is 0 Å². The fourth-order valence-electron chi connectivity index (χ4n) is 2.95. The minimum absolute atomic E-state index is 1.02. The van der Waals surface area contributed by atoms with Crippen molar-refractivity contribution in [1.82, 2.24) is 4.98 Å². The van der Waals surface area contributed by atoms with Crippen molar-refractivity contribution >= 4 is 33.8 Å². The van der Waals surface area contributed by atoms with Crippen molar-refractivity contribution < 1.29 is 0 Å². The monoisotopic (exact) mass is 295 g/mol. The van der Waals surface area contributed by atoms with Crippen LogP contribution in [0.1, 0.15) is 16.8 Å². The lowest BCUT2D eigenvalue weighted by Crippen LogP contribution is -1.89. The van der Waals surface area contributed by atoms with Gasteiger partial charge in [-0.25, -0.2) is 4.98 Å². The second-order valence-corrected chi connectivity index (χ2v) is 5.79. The fraction of sp³-hybridized carbons (Fsp3) is 0.0455. The molecule has 0 saturated carbocycles. The zero-order valence-corrected chi connectivity index (χ0v) is 13.0. The Morgan fingerprint density at radius 2 is 1.52 bits per heavy atom. The summed E-state index contributed by atoms with van der Waals surface area (Å²) < 4.78 is 0. The highest BCUT2D eigenvalue weighted by Crippen LogP contribution is 2.26. The molecule has 0 fully saturated rings. The average molecular weight is 295 g/mol. The molecule has 1 aromatic heterocycles. The van der Waals surface area contributed by atoms with Gasteiger partial charge < -0.3 is 0 Å². The molecule has 1 heterocycles. The molecule has 0 amide bonds. The Bertz CT molecular complexity index is 1010. The lowest BCUT2D eigenvalue weighted by Gasteiger charge is -2.07. The van der Waals surface area contributed by atoms with Crippen molar-refractivity contribution in [2.45, 2.75) is 6.92 Å². The van der Waals surface area contributed by atoms with Crippen LogP contribution in [0.5, 0.6) is 0 Å². The van der Waals surface area contributed by atoms with E-state index in [1.807, 2.05) is 18.2 Å². The first-order chi connectivity index (χ1) is 11.3. The summed E-state index contributed by atoms with van der Waals surface area (Å²) in [5.41, 5.74) is 4.45. The van der Waals surface area contributed by atoms with Crippen LogP contribution in [0.2, 0.25) is 0 Å². The number of nitrogens with zero attached hydrogens (tertiary/aromatic N) is 1. The molecule has 0 bridgehead atoms. The zero-order valence-electron chi connectivity index (χ0n) is 13.0. The summed E-state index contributed by atoms with van der Waals surface area (Å²) in [6.45, 7) is 2.12. The molecule has 1 heteroatoms. The van der Waals surface area contributed by atoms with Crippen LogP contribution >= 0.6 is 0 Å². The number of hydrogen-bond acceptors (Lipinski definition) is 1. The first-order valence-electron chi connectivity index (χ1n) is 7.83. The molecule has 110 valence electrons. The van der Waals surface area contributed by atoms with Crippen molar-refractivity contribution in [3.63, 3.8) is 0 Å². The third-order valence-electron chi connectivity index (χ3n) is 4.19. The summed E-state index contributed by atoms with van der Waals surface area (Å²) in [5.74, 6) is 0. The van der Waals surface area contributed by atoms with Crippen LogP contribution in [0.4, 0.5) is 0 Å². The van der Waals surface area contributed by atoms with E-state index in [0.29, 0.717) is 0 Å². The number of hydrogen-bond donors (Lipinski definition) is 0. The fourth-order valence-corrected chi connectivity index (χ4v) is 2.95. The van der Waals surface area contributed by atoms with Crippen molar-refractivity contribution in [2.75, 3.05) is 0 Å². The number of aryl methyl sites for hydroxylation is 1. The maximum absolute atomic E-state index is 4.85. The summed E-state index contributed by atoms with van der Waals surface area (Å²) in [6, 6.07) is 25.3. The summed E-state index contributed by atoms with van der Waals surface area (Å²) in [5, 5.41) is 3.74. The van der Waals surface area contributed by atoms with Crippen LogP contribution < -0.4 is 0 Å². The van der Waals surface area contributed by atoms with E-state index in [0.717, 1.165) is 11.2 Å². The van der Waals surface area contributed by atoms with Crippen LogP contribution in [0.15, 0.2) is 72.8 Å². The Balaban J connectivity index is 1.84. The Morgan fingerprint density at radius 1 is 0.739 bits per heavy atom. The smallest absolute Gasteiger partial charge is 0.0715 e. The highest BCUT2D eigenvalue weighted by Gasteiger charge is 2.04. The van der Waals surface area contributed by atoms with E-state index in [1.165, 1.54) is 27.3 Å². The molecule has 0 aliphatic carbocycles. The molecule has 0 spiro atoms. The average Bonchev–Trinajstić information content (AvgIpc) is 2.61. The number of pyridine rings is 1. The Morgan fingerprint density at radius 3 is 2.39 bits per heavy atom. The molecule has 0 saturated heterocycles. The van der Waals surface area contributed by atoms with Crippen molar-refractivity contribution in [3.05, 3.63) is 89.6 Å². The number of benzene rings is 3. The summed E-state index contributed by atoms with van der Waals surface area (Å²) in [7, 11) is 0. The maximum Gasteiger partial charge on any atom is 0.0715 e. The molecule has 0 unspecified atom stereocenters. The standard InChI is InChI=1S/C22H17N/c1-16-15-20-19-10-6-5-9-18(19)12-14-22(20)23-21(16)13-11-17-7-3-2-4-8-17/h2-15H,1H3/b13-11+. The molecule has 4 rings (SSSR count). The Kier molecular flexibility index (Phi) is 3.39. The predicted octanol–water partition coefficient (Wildman–Crippen LogP) is 5.87. The number of fused-ring (bicyclic) bond motifs is 3. The minimum atomic E-state index is 1.02. The van der Waals surface area contributed by atoms with Gasteiger partial charge in [0.1, 0.15) is 0 Å². The van der Waals surface area contributed by atoms with Gasteiger partial charge in [-0.1, -0.05) is 66.7 Å². The van der Waals surface area contributed by atoms with Crippen LogP contribution in [0, 0.1) is 6.92 Å². The van der Waals surface area contributed by atoms with Gasteiger partial charge in [-0.15, -0.1) is 0 Å². The third-order valence-corrected chi connectivity index (χ3v) is 4.19. The van der Waals surface area contributed by atoms with Crippen molar-refractivity contribution in [2.24, 2.45) is 0 Å². The lowest BCUT2D eigenvalue weighted by molar-refractivity contribution is 1.30. The van der Waals surface area contributed by atoms with Crippen molar-refractivity contribution in [3.8, 4) is 0 Å². The molecule has 1 nitrogen and oxygen atoms in total. The molecule has 23 heavy (non-hydrogen) atoms. The predicted molar refractivity (Wildman–Crippen MR) is 99.4 cm³/mol. The Hall–Kier alpha value is -2.93. The van der Waals surface area contributed by atoms with Gasteiger partial charge in [0.2, 0.25) is 0 Å². The lowest BCUT2D eigenvalue weighted by atomic mass is 10.0. The zero-order chi connectivity index (χ0) is 15.6. The van der Waals surface area contributed by atoms with Crippen LogP contribution in [-0.2, 0) is 0 Å². The molecular weight excluding hydrogens is 278 g/mol. The van der Waals surface area contributed by atoms with Crippen LogP contribution in [0.25, 0.3) is 33.8 Å². The van der Waals surface area contributed by atoms with Crippen LogP contribution in [0.3, 0.4) is 0 Å². The molecule has 0 aliphatic heterocycles. The van der Waals surface area contributed by atoms with E-state index in [4.69, 9.17) is 4.98 Å². The molecule has 3 aromatic carbocycles. The number of rotatable bonds is 2. The third kappa shape index (κ3) is 2.62. The van der Waals surface area contributed by atoms with E-state index in [-0.39, 0.29) is 0 Å². The van der Waals surface area contributed by atoms with E-state index in [9.17, 15) is 0 Å². The van der Waals surface area contributed by atoms with Gasteiger partial charge in [0, 0.05) is 5.39 Å². The second kappa shape index (κ2) is 5.69. The van der Waals surface area contributed by atoms with Gasteiger partial charge >= 0.3 is 0 Å². The maximum atomic E-state index is 4.85. The Labute approximate surface area is 135 Å². The highest BCUT2D eigenvalue weighted by molar-refractivity contribution is 6.06. The molecule has 0 atom stereocenters. The quantitative estimate of drug-likeness (QED) is 0.422. The van der Waals surface area contributed by atoms with Crippen LogP contribution in [-0.4, -0.2) is 4.98 Å². The summed E-state index contributed by atoms with van der Waals surface area (Å²) >= 11 is 0. The molecule has 0 N–H and O–H groups in total. The largest absolute Gasteiger partial charge is 0.248 e.